The molecular formula is C12H15F2NO. The predicted octanol–water partition coefficient (Wildman–Crippen LogP) is 2.26. The van der Waals surface area contributed by atoms with E-state index in [1.54, 1.807) is 0 Å². The van der Waals surface area contributed by atoms with E-state index in [9.17, 15) is 8.78 Å². The Hall–Kier alpha value is -1.00. The molecular weight excluding hydrogens is 212 g/mol. The normalized spacial score (nSPS) is 24.9. The van der Waals surface area contributed by atoms with Crippen LogP contribution in [0.5, 0.6) is 0 Å². The molecule has 2 nitrogen and oxygen atoms in total. The van der Waals surface area contributed by atoms with Crippen molar-refractivity contribution in [3.05, 3.63) is 35.4 Å². The van der Waals surface area contributed by atoms with E-state index in [1.165, 1.54) is 6.07 Å². The summed E-state index contributed by atoms with van der Waals surface area (Å²) in [7, 11) is 1.84. The molecule has 1 N–H and O–H groups in total. The molecule has 0 aromatic heterocycles. The second-order valence-corrected chi connectivity index (χ2v) is 4.06. The molecule has 1 aromatic rings. The zero-order valence-corrected chi connectivity index (χ0v) is 9.17. The summed E-state index contributed by atoms with van der Waals surface area (Å²) >= 11 is 0. The topological polar surface area (TPSA) is 21.3 Å². The Balaban J connectivity index is 2.25. The summed E-state index contributed by atoms with van der Waals surface area (Å²) in [6, 6.07) is 3.51. The average Bonchev–Trinajstić information content (AvgIpc) is 2.70. The highest BCUT2D eigenvalue weighted by Crippen LogP contribution is 2.35. The number of rotatable bonds is 3. The van der Waals surface area contributed by atoms with Crippen LogP contribution in [0.3, 0.4) is 0 Å². The van der Waals surface area contributed by atoms with Gasteiger partial charge in [0, 0.05) is 24.6 Å². The molecule has 2 atom stereocenters. The van der Waals surface area contributed by atoms with E-state index in [-0.39, 0.29) is 12.0 Å². The lowest BCUT2D eigenvalue weighted by molar-refractivity contribution is 0.0876. The van der Waals surface area contributed by atoms with Crippen molar-refractivity contribution in [2.75, 3.05) is 20.2 Å². The van der Waals surface area contributed by atoms with E-state index in [2.05, 4.69) is 5.32 Å². The summed E-state index contributed by atoms with van der Waals surface area (Å²) in [5.41, 5.74) is 0.331. The summed E-state index contributed by atoms with van der Waals surface area (Å²) in [5.74, 6) is -0.606. The minimum absolute atomic E-state index is 0.210. The highest BCUT2D eigenvalue weighted by atomic mass is 19.1. The summed E-state index contributed by atoms with van der Waals surface area (Å²) in [5, 5.41) is 3.05. The van der Waals surface area contributed by atoms with Crippen LogP contribution in [-0.4, -0.2) is 20.2 Å². The summed E-state index contributed by atoms with van der Waals surface area (Å²) in [4.78, 5) is 0. The van der Waals surface area contributed by atoms with Gasteiger partial charge in [-0.2, -0.15) is 0 Å². The van der Waals surface area contributed by atoms with Crippen molar-refractivity contribution < 1.29 is 13.5 Å². The Morgan fingerprint density at radius 1 is 1.44 bits per heavy atom. The Bertz CT molecular complexity index is 370. The molecule has 1 saturated heterocycles. The molecule has 0 amide bonds. The second kappa shape index (κ2) is 4.89. The summed E-state index contributed by atoms with van der Waals surface area (Å²) < 4.78 is 32.1. The molecule has 16 heavy (non-hydrogen) atoms. The number of hydrogen-bond acceptors (Lipinski definition) is 2. The van der Waals surface area contributed by atoms with Crippen LogP contribution in [-0.2, 0) is 4.74 Å². The van der Waals surface area contributed by atoms with Crippen molar-refractivity contribution in [2.45, 2.75) is 12.5 Å². The van der Waals surface area contributed by atoms with Gasteiger partial charge in [0.1, 0.15) is 11.6 Å². The quantitative estimate of drug-likeness (QED) is 0.855. The van der Waals surface area contributed by atoms with Crippen LogP contribution >= 0.6 is 0 Å². The first-order chi connectivity index (χ1) is 7.72. The fourth-order valence-corrected chi connectivity index (χ4v) is 2.18. The number of benzene rings is 1. The molecule has 1 fully saturated rings. The van der Waals surface area contributed by atoms with Gasteiger partial charge in [0.05, 0.1) is 6.10 Å². The molecule has 0 saturated carbocycles. The first-order valence-corrected chi connectivity index (χ1v) is 5.43. The van der Waals surface area contributed by atoms with Gasteiger partial charge in [-0.3, -0.25) is 0 Å². The van der Waals surface area contributed by atoms with Crippen LogP contribution in [0.15, 0.2) is 18.2 Å². The van der Waals surface area contributed by atoms with Crippen molar-refractivity contribution >= 4 is 0 Å². The zero-order chi connectivity index (χ0) is 11.5. The molecule has 4 heteroatoms. The summed E-state index contributed by atoms with van der Waals surface area (Å²) in [6.45, 7) is 1.35. The van der Waals surface area contributed by atoms with E-state index in [0.29, 0.717) is 12.2 Å². The highest BCUT2D eigenvalue weighted by molar-refractivity contribution is 5.22. The third-order valence-corrected chi connectivity index (χ3v) is 2.95. The Labute approximate surface area is 93.6 Å². The minimum Gasteiger partial charge on any atom is -0.373 e. The highest BCUT2D eigenvalue weighted by Gasteiger charge is 2.31. The van der Waals surface area contributed by atoms with Gasteiger partial charge in [0.25, 0.3) is 0 Å². The molecule has 0 bridgehead atoms. The van der Waals surface area contributed by atoms with Crippen molar-refractivity contribution in [3.8, 4) is 0 Å². The number of halogens is 2. The van der Waals surface area contributed by atoms with Crippen molar-refractivity contribution in [1.82, 2.24) is 5.32 Å². The number of nitrogens with one attached hydrogen (secondary N) is 1. The van der Waals surface area contributed by atoms with Crippen LogP contribution < -0.4 is 5.32 Å². The van der Waals surface area contributed by atoms with Gasteiger partial charge in [-0.15, -0.1) is 0 Å². The maximum atomic E-state index is 13.6. The van der Waals surface area contributed by atoms with E-state index in [0.717, 1.165) is 25.1 Å². The first kappa shape index (κ1) is 11.5. The van der Waals surface area contributed by atoms with Gasteiger partial charge in [-0.1, -0.05) is 0 Å². The van der Waals surface area contributed by atoms with Gasteiger partial charge in [-0.25, -0.2) is 8.78 Å². The van der Waals surface area contributed by atoms with Gasteiger partial charge < -0.3 is 10.1 Å². The van der Waals surface area contributed by atoms with E-state index in [1.807, 2.05) is 7.05 Å². The van der Waals surface area contributed by atoms with Crippen LogP contribution in [0, 0.1) is 17.6 Å². The Morgan fingerprint density at radius 2 is 2.25 bits per heavy atom. The maximum absolute atomic E-state index is 13.6. The van der Waals surface area contributed by atoms with Gasteiger partial charge in [0.2, 0.25) is 0 Å². The van der Waals surface area contributed by atoms with E-state index >= 15 is 0 Å². The molecule has 0 spiro atoms. The van der Waals surface area contributed by atoms with E-state index < -0.39 is 11.6 Å². The zero-order valence-electron chi connectivity index (χ0n) is 9.17. The minimum atomic E-state index is -0.421. The fourth-order valence-electron chi connectivity index (χ4n) is 2.18. The van der Waals surface area contributed by atoms with Crippen LogP contribution in [0.2, 0.25) is 0 Å². The van der Waals surface area contributed by atoms with Gasteiger partial charge >= 0.3 is 0 Å². The number of ether oxygens (including phenoxy) is 1. The smallest absolute Gasteiger partial charge is 0.129 e. The standard InChI is InChI=1S/C12H15F2NO/c1-15-7-8-4-5-16-12(8)10-6-9(13)2-3-11(10)14/h2-3,6,8,12,15H,4-5,7H2,1H3. The molecule has 2 rings (SSSR count). The summed E-state index contributed by atoms with van der Waals surface area (Å²) in [6.07, 6.45) is 0.546. The predicted molar refractivity (Wildman–Crippen MR) is 57.1 cm³/mol. The third-order valence-electron chi connectivity index (χ3n) is 2.95. The average molecular weight is 227 g/mol. The Morgan fingerprint density at radius 3 is 3.00 bits per heavy atom. The molecule has 88 valence electrons. The first-order valence-electron chi connectivity index (χ1n) is 5.43. The van der Waals surface area contributed by atoms with Crippen LogP contribution in [0.1, 0.15) is 18.1 Å². The maximum Gasteiger partial charge on any atom is 0.129 e. The number of hydrogen-bond donors (Lipinski definition) is 1. The lowest BCUT2D eigenvalue weighted by atomic mass is 9.95. The molecule has 0 radical (unpaired) electrons. The van der Waals surface area contributed by atoms with Crippen LogP contribution in [0.4, 0.5) is 8.78 Å². The largest absolute Gasteiger partial charge is 0.373 e. The molecule has 1 heterocycles. The lowest BCUT2D eigenvalue weighted by Gasteiger charge is -2.19. The van der Waals surface area contributed by atoms with Crippen molar-refractivity contribution in [1.29, 1.82) is 0 Å². The molecule has 1 aliphatic heterocycles. The fraction of sp³-hybridized carbons (Fsp3) is 0.500. The van der Waals surface area contributed by atoms with Crippen LogP contribution in [0.25, 0.3) is 0 Å². The Kier molecular flexibility index (Phi) is 3.51. The van der Waals surface area contributed by atoms with Crippen molar-refractivity contribution in [3.63, 3.8) is 0 Å². The van der Waals surface area contributed by atoms with Gasteiger partial charge in [-0.05, 0) is 31.7 Å². The third kappa shape index (κ3) is 2.23. The monoisotopic (exact) mass is 227 g/mol. The molecule has 1 aromatic carbocycles. The molecule has 2 unspecified atom stereocenters. The molecule has 0 aliphatic carbocycles. The van der Waals surface area contributed by atoms with Crippen molar-refractivity contribution in [2.24, 2.45) is 5.92 Å². The molecule has 1 aliphatic rings. The second-order valence-electron chi connectivity index (χ2n) is 4.06. The van der Waals surface area contributed by atoms with Gasteiger partial charge in [0.15, 0.2) is 0 Å². The lowest BCUT2D eigenvalue weighted by Crippen LogP contribution is -2.22. The SMILES string of the molecule is CNCC1CCOC1c1cc(F)ccc1F. The van der Waals surface area contributed by atoms with E-state index in [4.69, 9.17) is 4.74 Å².